The van der Waals surface area contributed by atoms with E-state index in [1.54, 1.807) is 30.3 Å². The molecule has 0 spiro atoms. The normalized spacial score (nSPS) is 17.5. The first-order chi connectivity index (χ1) is 9.95. The summed E-state index contributed by atoms with van der Waals surface area (Å²) in [7, 11) is -3.18. The summed E-state index contributed by atoms with van der Waals surface area (Å²) in [6.45, 7) is 0.603. The Morgan fingerprint density at radius 1 is 1.19 bits per heavy atom. The molecular weight excluding hydrogens is 310 g/mol. The van der Waals surface area contributed by atoms with E-state index in [0.29, 0.717) is 22.2 Å². The number of hydrogen-bond acceptors (Lipinski definition) is 4. The second-order valence-corrected chi connectivity index (χ2v) is 7.37. The summed E-state index contributed by atoms with van der Waals surface area (Å²) >= 11 is 6.14. The molecular formula is C15H14ClNO3S. The zero-order valence-corrected chi connectivity index (χ0v) is 12.9. The molecule has 1 atom stereocenters. The van der Waals surface area contributed by atoms with Gasteiger partial charge in [-0.1, -0.05) is 29.8 Å². The van der Waals surface area contributed by atoms with Crippen molar-refractivity contribution in [2.24, 2.45) is 0 Å². The van der Waals surface area contributed by atoms with Crippen molar-refractivity contribution in [3.05, 3.63) is 53.1 Å². The van der Waals surface area contributed by atoms with Gasteiger partial charge in [0.05, 0.1) is 22.2 Å². The Morgan fingerprint density at radius 2 is 1.90 bits per heavy atom. The lowest BCUT2D eigenvalue weighted by molar-refractivity contribution is 0.210. The van der Waals surface area contributed by atoms with Crippen LogP contribution in [0.5, 0.6) is 5.75 Å². The van der Waals surface area contributed by atoms with Gasteiger partial charge in [-0.3, -0.25) is 0 Å². The molecule has 0 aromatic heterocycles. The van der Waals surface area contributed by atoms with Gasteiger partial charge in [-0.25, -0.2) is 8.42 Å². The van der Waals surface area contributed by atoms with Gasteiger partial charge in [0.1, 0.15) is 6.10 Å². The number of para-hydroxylation sites is 1. The lowest BCUT2D eigenvalue weighted by Crippen LogP contribution is -2.23. The van der Waals surface area contributed by atoms with Gasteiger partial charge in [0.25, 0.3) is 0 Å². The van der Waals surface area contributed by atoms with Crippen LogP contribution in [0.2, 0.25) is 5.02 Å². The van der Waals surface area contributed by atoms with Crippen LogP contribution in [0.3, 0.4) is 0 Å². The van der Waals surface area contributed by atoms with E-state index >= 15 is 0 Å². The van der Waals surface area contributed by atoms with Gasteiger partial charge in [0.2, 0.25) is 0 Å². The summed E-state index contributed by atoms with van der Waals surface area (Å²) in [5.41, 5.74) is 1.77. The van der Waals surface area contributed by atoms with Crippen LogP contribution in [-0.4, -0.2) is 21.2 Å². The van der Waals surface area contributed by atoms with Crippen LogP contribution < -0.4 is 10.1 Å². The topological polar surface area (TPSA) is 55.4 Å². The van der Waals surface area contributed by atoms with Gasteiger partial charge < -0.3 is 10.1 Å². The molecule has 6 heteroatoms. The van der Waals surface area contributed by atoms with Gasteiger partial charge in [-0.2, -0.15) is 0 Å². The Labute approximate surface area is 128 Å². The van der Waals surface area contributed by atoms with Crippen molar-refractivity contribution in [1.29, 1.82) is 0 Å². The number of hydrogen-bond donors (Lipinski definition) is 1. The molecule has 21 heavy (non-hydrogen) atoms. The number of benzene rings is 2. The number of fused-ring (bicyclic) bond motifs is 1. The van der Waals surface area contributed by atoms with Crippen molar-refractivity contribution in [2.75, 3.05) is 18.1 Å². The Balaban J connectivity index is 1.88. The molecule has 0 aliphatic carbocycles. The van der Waals surface area contributed by atoms with Crippen molar-refractivity contribution in [1.82, 2.24) is 0 Å². The SMILES string of the molecule is CS(=O)(=O)c1ccc(C2CNc3cccc(Cl)c3O2)cc1. The Hall–Kier alpha value is -1.72. The second-order valence-electron chi connectivity index (χ2n) is 4.95. The molecule has 4 nitrogen and oxygen atoms in total. The summed E-state index contributed by atoms with van der Waals surface area (Å²) in [6, 6.07) is 12.3. The third-order valence-corrected chi connectivity index (χ3v) is 4.81. The summed E-state index contributed by atoms with van der Waals surface area (Å²) in [5.74, 6) is 0.627. The summed E-state index contributed by atoms with van der Waals surface area (Å²) in [5, 5.41) is 3.82. The number of sulfone groups is 1. The van der Waals surface area contributed by atoms with Crippen LogP contribution in [0.25, 0.3) is 0 Å². The second kappa shape index (κ2) is 5.24. The van der Waals surface area contributed by atoms with E-state index in [2.05, 4.69) is 5.32 Å². The molecule has 1 aliphatic rings. The van der Waals surface area contributed by atoms with Crippen molar-refractivity contribution >= 4 is 27.1 Å². The zero-order valence-electron chi connectivity index (χ0n) is 11.3. The van der Waals surface area contributed by atoms with Crippen LogP contribution in [0.1, 0.15) is 11.7 Å². The van der Waals surface area contributed by atoms with Crippen molar-refractivity contribution in [2.45, 2.75) is 11.0 Å². The van der Waals surface area contributed by atoms with Gasteiger partial charge in [0, 0.05) is 6.26 Å². The number of rotatable bonds is 2. The molecule has 1 heterocycles. The average Bonchev–Trinajstić information content (AvgIpc) is 2.47. The minimum Gasteiger partial charge on any atom is -0.480 e. The van der Waals surface area contributed by atoms with Gasteiger partial charge in [-0.05, 0) is 29.8 Å². The highest BCUT2D eigenvalue weighted by atomic mass is 35.5. The molecule has 0 amide bonds. The quantitative estimate of drug-likeness (QED) is 0.921. The monoisotopic (exact) mass is 323 g/mol. The predicted octanol–water partition coefficient (Wildman–Crippen LogP) is 3.29. The van der Waals surface area contributed by atoms with Crippen LogP contribution in [0.15, 0.2) is 47.4 Å². The molecule has 2 aromatic carbocycles. The van der Waals surface area contributed by atoms with Crippen molar-refractivity contribution < 1.29 is 13.2 Å². The number of halogens is 1. The maximum atomic E-state index is 11.5. The highest BCUT2D eigenvalue weighted by molar-refractivity contribution is 7.90. The van der Waals surface area contributed by atoms with Crippen molar-refractivity contribution in [3.8, 4) is 5.75 Å². The molecule has 0 saturated carbocycles. The summed E-state index contributed by atoms with van der Waals surface area (Å²) in [4.78, 5) is 0.299. The molecule has 0 saturated heterocycles. The first kappa shape index (κ1) is 14.2. The first-order valence-electron chi connectivity index (χ1n) is 6.44. The van der Waals surface area contributed by atoms with E-state index in [4.69, 9.17) is 16.3 Å². The van der Waals surface area contributed by atoms with Crippen LogP contribution in [0, 0.1) is 0 Å². The zero-order chi connectivity index (χ0) is 15.0. The molecule has 1 aliphatic heterocycles. The third kappa shape index (κ3) is 2.84. The van der Waals surface area contributed by atoms with Crippen LogP contribution >= 0.6 is 11.6 Å². The lowest BCUT2D eigenvalue weighted by atomic mass is 10.1. The standard InChI is InChI=1S/C15H14ClNO3S/c1-21(18,19)11-7-5-10(6-8-11)14-9-17-13-4-2-3-12(16)15(13)20-14/h2-8,14,17H,9H2,1H3. The minimum atomic E-state index is -3.18. The minimum absolute atomic E-state index is 0.203. The van der Waals surface area contributed by atoms with E-state index in [9.17, 15) is 8.42 Å². The number of ether oxygens (including phenoxy) is 1. The summed E-state index contributed by atoms with van der Waals surface area (Å²) < 4.78 is 28.9. The van der Waals surface area contributed by atoms with E-state index in [-0.39, 0.29) is 6.10 Å². The average molecular weight is 324 g/mol. The fraction of sp³-hybridized carbons (Fsp3) is 0.200. The van der Waals surface area contributed by atoms with Crippen LogP contribution in [0.4, 0.5) is 5.69 Å². The van der Waals surface area contributed by atoms with E-state index in [1.165, 1.54) is 6.26 Å². The van der Waals surface area contributed by atoms with Gasteiger partial charge in [-0.15, -0.1) is 0 Å². The van der Waals surface area contributed by atoms with Gasteiger partial charge >= 0.3 is 0 Å². The molecule has 0 radical (unpaired) electrons. The lowest BCUT2D eigenvalue weighted by Gasteiger charge is -2.28. The molecule has 1 N–H and O–H groups in total. The van der Waals surface area contributed by atoms with E-state index < -0.39 is 9.84 Å². The fourth-order valence-corrected chi connectivity index (χ4v) is 3.12. The smallest absolute Gasteiger partial charge is 0.175 e. The molecule has 2 aromatic rings. The Bertz CT molecular complexity index is 772. The first-order valence-corrected chi connectivity index (χ1v) is 8.71. The largest absolute Gasteiger partial charge is 0.480 e. The molecule has 1 unspecified atom stereocenters. The molecule has 110 valence electrons. The van der Waals surface area contributed by atoms with E-state index in [0.717, 1.165) is 11.3 Å². The molecule has 0 fully saturated rings. The van der Waals surface area contributed by atoms with Crippen LogP contribution in [-0.2, 0) is 9.84 Å². The maximum Gasteiger partial charge on any atom is 0.175 e. The maximum absolute atomic E-state index is 11.5. The fourth-order valence-electron chi connectivity index (χ4n) is 2.27. The predicted molar refractivity (Wildman–Crippen MR) is 82.9 cm³/mol. The van der Waals surface area contributed by atoms with Gasteiger partial charge in [0.15, 0.2) is 15.6 Å². The third-order valence-electron chi connectivity index (χ3n) is 3.39. The Kier molecular flexibility index (Phi) is 3.55. The van der Waals surface area contributed by atoms with E-state index in [1.807, 2.05) is 12.1 Å². The summed E-state index contributed by atoms with van der Waals surface area (Å²) in [6.07, 6.45) is 0.988. The molecule has 3 rings (SSSR count). The number of nitrogens with one attached hydrogen (secondary N) is 1. The van der Waals surface area contributed by atoms with Crippen molar-refractivity contribution in [3.63, 3.8) is 0 Å². The Morgan fingerprint density at radius 3 is 2.57 bits per heavy atom. The number of anilines is 1. The highest BCUT2D eigenvalue weighted by Gasteiger charge is 2.23. The highest BCUT2D eigenvalue weighted by Crippen LogP contribution is 2.39. The molecule has 0 bridgehead atoms.